The van der Waals surface area contributed by atoms with E-state index in [1.165, 1.54) is 7.11 Å². The fraction of sp³-hybridized carbons (Fsp3) is 0.545. The first-order valence-corrected chi connectivity index (χ1v) is 5.51. The molecule has 5 nitrogen and oxygen atoms in total. The van der Waals surface area contributed by atoms with Crippen LogP contribution in [0.3, 0.4) is 0 Å². The summed E-state index contributed by atoms with van der Waals surface area (Å²) in [5.41, 5.74) is 0.730. The van der Waals surface area contributed by atoms with Gasteiger partial charge >= 0.3 is 6.18 Å². The van der Waals surface area contributed by atoms with Crippen molar-refractivity contribution in [3.8, 4) is 0 Å². The third-order valence-electron chi connectivity index (χ3n) is 2.27. The van der Waals surface area contributed by atoms with E-state index in [1.807, 2.05) is 0 Å². The highest BCUT2D eigenvalue weighted by Crippen LogP contribution is 2.32. The molecule has 1 heterocycles. The summed E-state index contributed by atoms with van der Waals surface area (Å²) < 4.78 is 43.1. The number of pyridine rings is 1. The van der Waals surface area contributed by atoms with Gasteiger partial charge in [-0.3, -0.25) is 0 Å². The summed E-state index contributed by atoms with van der Waals surface area (Å²) in [6, 6.07) is 1.77. The Kier molecular flexibility index (Phi) is 4.59. The van der Waals surface area contributed by atoms with Gasteiger partial charge in [0.15, 0.2) is 0 Å². The monoisotopic (exact) mass is 278 g/mol. The lowest BCUT2D eigenvalue weighted by atomic mass is 10.1. The van der Waals surface area contributed by atoms with Crippen molar-refractivity contribution in [3.05, 3.63) is 17.7 Å². The minimum absolute atomic E-state index is 0.0643. The van der Waals surface area contributed by atoms with Crippen LogP contribution in [0.1, 0.15) is 19.4 Å². The Morgan fingerprint density at radius 1 is 1.26 bits per heavy atom. The minimum atomic E-state index is -4.46. The molecular weight excluding hydrogens is 261 g/mol. The maximum atomic E-state index is 12.7. The van der Waals surface area contributed by atoms with Gasteiger partial charge in [-0.2, -0.15) is 13.2 Å². The van der Waals surface area contributed by atoms with Crippen LogP contribution in [-0.2, 0) is 10.9 Å². The van der Waals surface area contributed by atoms with Gasteiger partial charge in [-0.1, -0.05) is 0 Å². The molecule has 8 heteroatoms. The molecule has 0 atom stereocenters. The van der Waals surface area contributed by atoms with E-state index < -0.39 is 17.3 Å². The van der Waals surface area contributed by atoms with Gasteiger partial charge < -0.3 is 15.5 Å². The highest BCUT2D eigenvalue weighted by molar-refractivity contribution is 5.50. The Hall–Kier alpha value is -1.54. The van der Waals surface area contributed by atoms with E-state index in [9.17, 15) is 13.2 Å². The van der Waals surface area contributed by atoms with Gasteiger partial charge in [-0.25, -0.2) is 10.8 Å². The molecule has 0 aromatic carbocycles. The Morgan fingerprint density at radius 2 is 1.84 bits per heavy atom. The van der Waals surface area contributed by atoms with Gasteiger partial charge in [-0.15, -0.1) is 0 Å². The molecule has 0 aliphatic rings. The number of rotatable bonds is 5. The van der Waals surface area contributed by atoms with Gasteiger partial charge in [0, 0.05) is 7.11 Å². The van der Waals surface area contributed by atoms with Gasteiger partial charge in [-0.05, 0) is 26.0 Å². The number of hydrogen-bond acceptors (Lipinski definition) is 5. The van der Waals surface area contributed by atoms with Crippen LogP contribution in [0, 0.1) is 0 Å². The van der Waals surface area contributed by atoms with Crippen molar-refractivity contribution in [1.29, 1.82) is 0 Å². The van der Waals surface area contributed by atoms with Crippen LogP contribution in [0.2, 0.25) is 0 Å². The van der Waals surface area contributed by atoms with Crippen LogP contribution in [0.5, 0.6) is 0 Å². The second-order valence-electron chi connectivity index (χ2n) is 4.71. The molecule has 1 rings (SSSR count). The first-order valence-electron chi connectivity index (χ1n) is 5.51. The van der Waals surface area contributed by atoms with Crippen LogP contribution >= 0.6 is 0 Å². The van der Waals surface area contributed by atoms with Crippen molar-refractivity contribution >= 4 is 11.6 Å². The highest BCUT2D eigenvalue weighted by Gasteiger charge is 2.32. The van der Waals surface area contributed by atoms with Crippen molar-refractivity contribution in [1.82, 2.24) is 4.98 Å². The maximum Gasteiger partial charge on any atom is 0.416 e. The van der Waals surface area contributed by atoms with E-state index in [0.29, 0.717) is 6.61 Å². The second kappa shape index (κ2) is 5.62. The molecule has 0 unspecified atom stereocenters. The van der Waals surface area contributed by atoms with Crippen molar-refractivity contribution in [2.75, 3.05) is 24.5 Å². The van der Waals surface area contributed by atoms with Crippen molar-refractivity contribution in [2.24, 2.45) is 5.84 Å². The van der Waals surface area contributed by atoms with Crippen molar-refractivity contribution in [2.45, 2.75) is 25.6 Å². The predicted molar refractivity (Wildman–Crippen MR) is 66.6 cm³/mol. The summed E-state index contributed by atoms with van der Waals surface area (Å²) in [6.45, 7) is 3.89. The van der Waals surface area contributed by atoms with Crippen LogP contribution in [0.25, 0.3) is 0 Å². The third-order valence-corrected chi connectivity index (χ3v) is 2.27. The number of hydrogen-bond donors (Lipinski definition) is 3. The summed E-state index contributed by atoms with van der Waals surface area (Å²) in [4.78, 5) is 3.93. The van der Waals surface area contributed by atoms with Gasteiger partial charge in [0.05, 0.1) is 17.7 Å². The SMILES string of the molecule is COCC(C)(C)Nc1cc(C(F)(F)F)cc(NN)n1. The number of nitrogens with zero attached hydrogens (tertiary/aromatic N) is 1. The van der Waals surface area contributed by atoms with Crippen LogP contribution in [0.4, 0.5) is 24.8 Å². The van der Waals surface area contributed by atoms with Crippen LogP contribution in [0.15, 0.2) is 12.1 Å². The molecule has 19 heavy (non-hydrogen) atoms. The lowest BCUT2D eigenvalue weighted by molar-refractivity contribution is -0.137. The first-order chi connectivity index (χ1) is 8.68. The number of aromatic nitrogens is 1. The Bertz CT molecular complexity index is 434. The van der Waals surface area contributed by atoms with E-state index in [2.05, 4.69) is 15.7 Å². The molecule has 0 fully saturated rings. The standard InChI is InChI=1S/C11H17F3N4O/c1-10(2,6-19-3)17-8-4-7(11(12,13)14)5-9(16-8)18-15/h4-5H,6,15H2,1-3H3,(H2,16,17,18). The lowest BCUT2D eigenvalue weighted by Crippen LogP contribution is -2.36. The molecule has 4 N–H and O–H groups in total. The van der Waals surface area contributed by atoms with E-state index in [0.717, 1.165) is 12.1 Å². The quantitative estimate of drug-likeness (QED) is 0.569. The Labute approximate surface area is 109 Å². The average molecular weight is 278 g/mol. The molecular formula is C11H17F3N4O. The van der Waals surface area contributed by atoms with Gasteiger partial charge in [0.1, 0.15) is 11.6 Å². The first kappa shape index (κ1) is 15.5. The molecule has 0 radical (unpaired) electrons. The molecule has 0 saturated carbocycles. The smallest absolute Gasteiger partial charge is 0.382 e. The molecule has 0 saturated heterocycles. The highest BCUT2D eigenvalue weighted by atomic mass is 19.4. The number of nitrogen functional groups attached to an aromatic ring is 1. The number of hydrazine groups is 1. The zero-order chi connectivity index (χ0) is 14.7. The molecule has 0 aliphatic carbocycles. The van der Waals surface area contributed by atoms with Crippen molar-refractivity contribution < 1.29 is 17.9 Å². The number of methoxy groups -OCH3 is 1. The second-order valence-corrected chi connectivity index (χ2v) is 4.71. The van der Waals surface area contributed by atoms with E-state index in [1.54, 1.807) is 13.8 Å². The van der Waals surface area contributed by atoms with E-state index >= 15 is 0 Å². The molecule has 0 aliphatic heterocycles. The predicted octanol–water partition coefficient (Wildman–Crippen LogP) is 2.22. The van der Waals surface area contributed by atoms with E-state index in [-0.39, 0.29) is 11.6 Å². The number of halogens is 3. The number of nitrogens with two attached hydrogens (primary N) is 1. The molecule has 1 aromatic rings. The molecule has 0 spiro atoms. The Balaban J connectivity index is 3.07. The van der Waals surface area contributed by atoms with Crippen LogP contribution < -0.4 is 16.6 Å². The molecule has 1 aromatic heterocycles. The minimum Gasteiger partial charge on any atom is -0.382 e. The number of anilines is 2. The third kappa shape index (κ3) is 4.56. The summed E-state index contributed by atoms with van der Waals surface area (Å²) >= 11 is 0. The van der Waals surface area contributed by atoms with Crippen LogP contribution in [-0.4, -0.2) is 24.2 Å². The summed E-state index contributed by atoms with van der Waals surface area (Å²) in [5.74, 6) is 5.13. The number of ether oxygens (including phenoxy) is 1. The summed E-state index contributed by atoms with van der Waals surface area (Å²) in [5, 5.41) is 2.87. The zero-order valence-corrected chi connectivity index (χ0v) is 10.9. The summed E-state index contributed by atoms with van der Waals surface area (Å²) in [7, 11) is 1.51. The van der Waals surface area contributed by atoms with Gasteiger partial charge in [0.2, 0.25) is 0 Å². The fourth-order valence-corrected chi connectivity index (χ4v) is 1.58. The number of alkyl halides is 3. The van der Waals surface area contributed by atoms with Crippen molar-refractivity contribution in [3.63, 3.8) is 0 Å². The topological polar surface area (TPSA) is 72.2 Å². The fourth-order valence-electron chi connectivity index (χ4n) is 1.58. The normalized spacial score (nSPS) is 12.4. The van der Waals surface area contributed by atoms with E-state index in [4.69, 9.17) is 10.6 Å². The average Bonchev–Trinajstić information content (AvgIpc) is 2.26. The maximum absolute atomic E-state index is 12.7. The largest absolute Gasteiger partial charge is 0.416 e. The zero-order valence-electron chi connectivity index (χ0n) is 10.9. The lowest BCUT2D eigenvalue weighted by Gasteiger charge is -2.26. The molecule has 108 valence electrons. The summed E-state index contributed by atoms with van der Waals surface area (Å²) in [6.07, 6.45) is -4.46. The van der Waals surface area contributed by atoms with Gasteiger partial charge in [0.25, 0.3) is 0 Å². The number of nitrogens with one attached hydrogen (secondary N) is 2. The Morgan fingerprint density at radius 3 is 2.32 bits per heavy atom. The molecule has 0 amide bonds. The molecule has 0 bridgehead atoms.